The second-order valence-electron chi connectivity index (χ2n) is 5.99. The van der Waals surface area contributed by atoms with E-state index in [4.69, 9.17) is 11.6 Å². The van der Waals surface area contributed by atoms with Gasteiger partial charge in [-0.1, -0.05) is 31.4 Å². The van der Waals surface area contributed by atoms with Crippen LogP contribution >= 0.6 is 11.6 Å². The fourth-order valence-corrected chi connectivity index (χ4v) is 3.30. The van der Waals surface area contributed by atoms with E-state index in [1.807, 2.05) is 0 Å². The summed E-state index contributed by atoms with van der Waals surface area (Å²) >= 11 is 6.12. The fourth-order valence-electron chi connectivity index (χ4n) is 2.94. The van der Waals surface area contributed by atoms with E-state index in [1.165, 1.54) is 31.4 Å². The fraction of sp³-hybridized carbons (Fsp3) is 0.625. The van der Waals surface area contributed by atoms with E-state index < -0.39 is 11.7 Å². The van der Waals surface area contributed by atoms with Crippen LogP contribution in [0.5, 0.6) is 0 Å². The van der Waals surface area contributed by atoms with Gasteiger partial charge in [-0.15, -0.1) is 11.6 Å². The molecule has 0 aliphatic heterocycles. The van der Waals surface area contributed by atoms with Crippen LogP contribution in [0.3, 0.4) is 0 Å². The second kappa shape index (κ2) is 7.01. The maximum Gasteiger partial charge on any atom is 0.416 e. The number of benzene rings is 1. The Kier molecular flexibility index (Phi) is 5.55. The molecule has 0 unspecified atom stereocenters. The van der Waals surface area contributed by atoms with Crippen LogP contribution in [0.4, 0.5) is 13.2 Å². The summed E-state index contributed by atoms with van der Waals surface area (Å²) in [4.78, 5) is 0. The SMILES string of the molecule is FC(F)(F)c1ccc(CNCC2(CCl)CCCCC2)cc1. The normalized spacial score (nSPS) is 18.7. The van der Waals surface area contributed by atoms with Gasteiger partial charge in [0.15, 0.2) is 0 Å². The molecule has 0 atom stereocenters. The van der Waals surface area contributed by atoms with Crippen molar-refractivity contribution in [1.29, 1.82) is 0 Å². The Labute approximate surface area is 128 Å². The third-order valence-electron chi connectivity index (χ3n) is 4.31. The van der Waals surface area contributed by atoms with E-state index in [0.29, 0.717) is 12.4 Å². The summed E-state index contributed by atoms with van der Waals surface area (Å²) in [5.74, 6) is 0.646. The molecule has 1 aliphatic rings. The topological polar surface area (TPSA) is 12.0 Å². The van der Waals surface area contributed by atoms with Crippen molar-refractivity contribution in [2.75, 3.05) is 12.4 Å². The van der Waals surface area contributed by atoms with Gasteiger partial charge in [-0.3, -0.25) is 0 Å². The molecule has 1 N–H and O–H groups in total. The minimum Gasteiger partial charge on any atom is -0.312 e. The first-order chi connectivity index (χ1) is 9.95. The van der Waals surface area contributed by atoms with Crippen LogP contribution in [0.1, 0.15) is 43.2 Å². The molecule has 0 heterocycles. The highest BCUT2D eigenvalue weighted by Crippen LogP contribution is 2.36. The van der Waals surface area contributed by atoms with Gasteiger partial charge >= 0.3 is 6.18 Å². The Bertz CT molecular complexity index is 436. The molecule has 0 amide bonds. The molecule has 5 heteroatoms. The summed E-state index contributed by atoms with van der Waals surface area (Å²) < 4.78 is 37.4. The lowest BCUT2D eigenvalue weighted by molar-refractivity contribution is -0.137. The van der Waals surface area contributed by atoms with Gasteiger partial charge in [-0.25, -0.2) is 0 Å². The first kappa shape index (κ1) is 16.6. The molecule has 2 rings (SSSR count). The predicted molar refractivity (Wildman–Crippen MR) is 79.4 cm³/mol. The molecular formula is C16H21ClF3N. The van der Waals surface area contributed by atoms with Crippen LogP contribution in [-0.4, -0.2) is 12.4 Å². The number of hydrogen-bond acceptors (Lipinski definition) is 1. The van der Waals surface area contributed by atoms with Gasteiger partial charge in [0, 0.05) is 19.0 Å². The summed E-state index contributed by atoms with van der Waals surface area (Å²) in [7, 11) is 0. The van der Waals surface area contributed by atoms with Crippen LogP contribution < -0.4 is 5.32 Å². The standard InChI is InChI=1S/C16H21ClF3N/c17-11-15(8-2-1-3-9-15)12-21-10-13-4-6-14(7-5-13)16(18,19)20/h4-7,21H,1-3,8-12H2. The van der Waals surface area contributed by atoms with Crippen molar-refractivity contribution in [2.24, 2.45) is 5.41 Å². The van der Waals surface area contributed by atoms with Crippen LogP contribution in [0.15, 0.2) is 24.3 Å². The van der Waals surface area contributed by atoms with Crippen molar-refractivity contribution in [3.63, 3.8) is 0 Å². The van der Waals surface area contributed by atoms with Crippen molar-refractivity contribution in [1.82, 2.24) is 5.32 Å². The largest absolute Gasteiger partial charge is 0.416 e. The van der Waals surface area contributed by atoms with Crippen molar-refractivity contribution in [3.8, 4) is 0 Å². The molecule has 1 aromatic carbocycles. The molecule has 0 saturated heterocycles. The molecule has 1 fully saturated rings. The minimum absolute atomic E-state index is 0.158. The number of alkyl halides is 4. The van der Waals surface area contributed by atoms with Gasteiger partial charge in [0.05, 0.1) is 5.56 Å². The third kappa shape index (κ3) is 4.62. The molecule has 1 nitrogen and oxygen atoms in total. The summed E-state index contributed by atoms with van der Waals surface area (Å²) in [5.41, 5.74) is 0.422. The Hall–Kier alpha value is -0.740. The van der Waals surface area contributed by atoms with E-state index in [2.05, 4.69) is 5.32 Å². The first-order valence-electron chi connectivity index (χ1n) is 7.38. The second-order valence-corrected chi connectivity index (χ2v) is 6.26. The van der Waals surface area contributed by atoms with Gasteiger partial charge in [-0.05, 0) is 36.0 Å². The number of rotatable bonds is 5. The Morgan fingerprint density at radius 2 is 1.67 bits per heavy atom. The molecule has 0 aromatic heterocycles. The molecule has 118 valence electrons. The van der Waals surface area contributed by atoms with Gasteiger partial charge in [0.25, 0.3) is 0 Å². The summed E-state index contributed by atoms with van der Waals surface area (Å²) in [6.45, 7) is 1.41. The summed E-state index contributed by atoms with van der Waals surface area (Å²) in [6.07, 6.45) is 1.71. The van der Waals surface area contributed by atoms with Crippen LogP contribution in [0, 0.1) is 5.41 Å². The minimum atomic E-state index is -4.27. The molecule has 21 heavy (non-hydrogen) atoms. The average molecular weight is 320 g/mol. The van der Waals surface area contributed by atoms with Gasteiger partial charge in [0.2, 0.25) is 0 Å². The third-order valence-corrected chi connectivity index (χ3v) is 4.88. The van der Waals surface area contributed by atoms with E-state index in [9.17, 15) is 13.2 Å². The van der Waals surface area contributed by atoms with E-state index >= 15 is 0 Å². The van der Waals surface area contributed by atoms with E-state index in [-0.39, 0.29) is 5.41 Å². The van der Waals surface area contributed by atoms with Crippen molar-refractivity contribution in [2.45, 2.75) is 44.8 Å². The predicted octanol–water partition coefficient (Wildman–Crippen LogP) is 4.98. The smallest absolute Gasteiger partial charge is 0.312 e. The zero-order valence-electron chi connectivity index (χ0n) is 12.0. The summed E-state index contributed by atoms with van der Waals surface area (Å²) in [5, 5.41) is 3.36. The Morgan fingerprint density at radius 3 is 2.19 bits per heavy atom. The molecule has 1 aromatic rings. The zero-order chi connectivity index (χ0) is 15.3. The van der Waals surface area contributed by atoms with Crippen molar-refractivity contribution in [3.05, 3.63) is 35.4 Å². The van der Waals surface area contributed by atoms with Gasteiger partial charge in [0.1, 0.15) is 0 Å². The monoisotopic (exact) mass is 319 g/mol. The first-order valence-corrected chi connectivity index (χ1v) is 7.91. The van der Waals surface area contributed by atoms with Gasteiger partial charge < -0.3 is 5.32 Å². The van der Waals surface area contributed by atoms with Crippen LogP contribution in [-0.2, 0) is 12.7 Å². The van der Waals surface area contributed by atoms with Crippen LogP contribution in [0.25, 0.3) is 0 Å². The molecule has 0 bridgehead atoms. The lowest BCUT2D eigenvalue weighted by Crippen LogP contribution is -2.37. The highest BCUT2D eigenvalue weighted by atomic mass is 35.5. The maximum atomic E-state index is 12.5. The molecule has 0 radical (unpaired) electrons. The van der Waals surface area contributed by atoms with E-state index in [0.717, 1.165) is 37.1 Å². The van der Waals surface area contributed by atoms with Gasteiger partial charge in [-0.2, -0.15) is 13.2 Å². The summed E-state index contributed by atoms with van der Waals surface area (Å²) in [6, 6.07) is 5.33. The Morgan fingerprint density at radius 1 is 1.05 bits per heavy atom. The molecular weight excluding hydrogens is 299 g/mol. The zero-order valence-corrected chi connectivity index (χ0v) is 12.7. The lowest BCUT2D eigenvalue weighted by Gasteiger charge is -2.35. The van der Waals surface area contributed by atoms with Crippen LogP contribution in [0.2, 0.25) is 0 Å². The number of halogens is 4. The van der Waals surface area contributed by atoms with E-state index in [1.54, 1.807) is 0 Å². The molecule has 1 saturated carbocycles. The van der Waals surface area contributed by atoms with Crippen molar-refractivity contribution >= 4 is 11.6 Å². The van der Waals surface area contributed by atoms with Crippen molar-refractivity contribution < 1.29 is 13.2 Å². The highest BCUT2D eigenvalue weighted by Gasteiger charge is 2.31. The number of hydrogen-bond donors (Lipinski definition) is 1. The lowest BCUT2D eigenvalue weighted by atomic mass is 9.75. The Balaban J connectivity index is 1.85. The number of nitrogens with one attached hydrogen (secondary N) is 1. The quantitative estimate of drug-likeness (QED) is 0.754. The average Bonchev–Trinajstić information content (AvgIpc) is 2.48. The maximum absolute atomic E-state index is 12.5. The molecule has 1 aliphatic carbocycles. The molecule has 0 spiro atoms. The highest BCUT2D eigenvalue weighted by molar-refractivity contribution is 6.18.